The van der Waals surface area contributed by atoms with Crippen molar-refractivity contribution in [1.29, 1.82) is 0 Å². The molecular weight excluding hydrogens is 706 g/mol. The fourth-order valence-corrected chi connectivity index (χ4v) is 0. The molecule has 0 aliphatic heterocycles. The van der Waals surface area contributed by atoms with Crippen molar-refractivity contribution in [2.24, 2.45) is 0 Å². The summed E-state index contributed by atoms with van der Waals surface area (Å²) in [5.74, 6) is 0. The number of hydrogen-bond donors (Lipinski definition) is 0. The molecule has 0 aliphatic rings. The zero-order chi connectivity index (χ0) is 10.7. The maximum absolute atomic E-state index is 8.61. The third-order valence-electron chi connectivity index (χ3n) is 0. The van der Waals surface area contributed by atoms with Crippen LogP contribution in [0.3, 0.4) is 0 Å². The molecule has 14 heteroatoms. The molecule has 2 radical (unpaired) electrons. The van der Waals surface area contributed by atoms with Crippen molar-refractivity contribution in [2.75, 3.05) is 0 Å². The van der Waals surface area contributed by atoms with E-state index in [0.717, 1.165) is 0 Å². The van der Waals surface area contributed by atoms with Gasteiger partial charge in [0.2, 0.25) is 0 Å². The van der Waals surface area contributed by atoms with Gasteiger partial charge in [0, 0.05) is 0 Å². The van der Waals surface area contributed by atoms with Gasteiger partial charge in [-0.3, -0.25) is 0 Å². The van der Waals surface area contributed by atoms with Crippen molar-refractivity contribution in [3.05, 3.63) is 0 Å². The predicted molar refractivity (Wildman–Crippen MR) is 2.06 cm³/mol. The summed E-state index contributed by atoms with van der Waals surface area (Å²) >= 11 is -12.9. The van der Waals surface area contributed by atoms with Gasteiger partial charge in [-0.05, 0) is 0 Å². The summed E-state index contributed by atoms with van der Waals surface area (Å²) in [6.07, 6.45) is 0. The predicted octanol–water partition coefficient (Wildman–Crippen LogP) is -7.50. The molecule has 0 bridgehead atoms. The van der Waals surface area contributed by atoms with Crippen LogP contribution in [0.5, 0.6) is 0 Å². The molecule has 74 valence electrons. The summed E-state index contributed by atoms with van der Waals surface area (Å²) < 4.78 is 77.5. The van der Waals surface area contributed by atoms with Gasteiger partial charge in [-0.1, -0.05) is 0 Å². The van der Waals surface area contributed by atoms with E-state index in [1.165, 1.54) is 0 Å². The minimum atomic E-state index is -4.29. The van der Waals surface area contributed by atoms with Crippen LogP contribution in [0.2, 0.25) is 0 Å². The molecule has 9 nitrogen and oxygen atoms in total. The molecular formula is Nd2O9Zr3. The summed E-state index contributed by atoms with van der Waals surface area (Å²) in [6, 6.07) is 0. The van der Waals surface area contributed by atoms with Crippen LogP contribution in [0.4, 0.5) is 0 Å². The van der Waals surface area contributed by atoms with Crippen LogP contribution in [-0.2, 0) is 76.3 Å². The standard InChI is InChI=1S/2Nd.9O.3Zr/q2*+3;;;;6*-1;;;. The summed E-state index contributed by atoms with van der Waals surface area (Å²) in [5, 5.41) is 0. The molecule has 0 aromatic rings. The van der Waals surface area contributed by atoms with Gasteiger partial charge in [0.25, 0.3) is 0 Å². The fourth-order valence-electron chi connectivity index (χ4n) is 0. The molecule has 0 N–H and O–H groups in total. The Hall–Kier alpha value is 4.51. The molecule has 0 heterocycles. The van der Waals surface area contributed by atoms with Crippen molar-refractivity contribution in [2.45, 2.75) is 0 Å². The first-order chi connectivity index (χ1) is 5.20. The van der Waals surface area contributed by atoms with Crippen LogP contribution >= 0.6 is 0 Å². The Balaban J connectivity index is -0.0000000270. The maximum atomic E-state index is 8.61. The van der Waals surface area contributed by atoms with Crippen molar-refractivity contribution < 1.29 is 177 Å². The molecule has 0 saturated carbocycles. The molecule has 0 spiro atoms. The van der Waals surface area contributed by atoms with Crippen molar-refractivity contribution in [1.82, 2.24) is 0 Å². The van der Waals surface area contributed by atoms with Crippen LogP contribution < -0.4 is 19.1 Å². The van der Waals surface area contributed by atoms with Crippen molar-refractivity contribution in [3.63, 3.8) is 0 Å². The molecule has 0 aromatic carbocycles. The van der Waals surface area contributed by atoms with Crippen molar-refractivity contribution >= 4 is 0 Å². The van der Waals surface area contributed by atoms with Gasteiger partial charge in [-0.25, -0.2) is 0 Å². The van der Waals surface area contributed by atoms with E-state index >= 15 is 0 Å². The monoisotopic (exact) mass is 697 g/mol. The van der Waals surface area contributed by atoms with Gasteiger partial charge >= 0.3 is 177 Å². The van der Waals surface area contributed by atoms with E-state index in [1.54, 1.807) is 0 Å². The van der Waals surface area contributed by atoms with Crippen LogP contribution in [0.1, 0.15) is 0 Å². The summed E-state index contributed by atoms with van der Waals surface area (Å²) in [7, 11) is 0. The SMILES string of the molecule is [Nd+3].[Nd+3].[O]=[Zr]([O-])[O-].[O]=[Zr]([O-])[O-].[O]=[Zr]([O-])[O-]. The Morgan fingerprint density at radius 1 is 0.500 bits per heavy atom. The molecule has 0 aromatic heterocycles. The molecule has 0 rings (SSSR count). The summed E-state index contributed by atoms with van der Waals surface area (Å²) in [5.41, 5.74) is 0. The van der Waals surface area contributed by atoms with Crippen LogP contribution in [0.15, 0.2) is 0 Å². The first-order valence-electron chi connectivity index (χ1n) is 1.84. The van der Waals surface area contributed by atoms with E-state index in [0.29, 0.717) is 0 Å². The topological polar surface area (TPSA) is 190 Å². The van der Waals surface area contributed by atoms with Gasteiger partial charge in [0.1, 0.15) is 0 Å². The zero-order valence-electron chi connectivity index (χ0n) is 6.17. The van der Waals surface area contributed by atoms with Gasteiger partial charge in [-0.2, -0.15) is 0 Å². The van der Waals surface area contributed by atoms with Gasteiger partial charge in [0.05, 0.1) is 0 Å². The molecule has 0 unspecified atom stereocenters. The Labute approximate surface area is 172 Å². The van der Waals surface area contributed by atoms with Crippen LogP contribution in [-0.4, -0.2) is 0 Å². The van der Waals surface area contributed by atoms with Crippen LogP contribution in [0.25, 0.3) is 0 Å². The second-order valence-electron chi connectivity index (χ2n) is 0.750. The first-order valence-corrected chi connectivity index (χ1v) is 10.9. The molecule has 0 saturated heterocycles. The average Bonchev–Trinajstić information content (AvgIpc) is 1.54. The number of hydrogen-bond acceptors (Lipinski definition) is 9. The van der Waals surface area contributed by atoms with Gasteiger partial charge in [-0.15, -0.1) is 0 Å². The minimum absolute atomic E-state index is 0. The van der Waals surface area contributed by atoms with Crippen molar-refractivity contribution in [3.8, 4) is 0 Å². The Morgan fingerprint density at radius 2 is 0.500 bits per heavy atom. The summed E-state index contributed by atoms with van der Waals surface area (Å²) in [4.78, 5) is 0. The fraction of sp³-hybridized carbons (Fsp3) is 0. The van der Waals surface area contributed by atoms with Gasteiger partial charge in [0.15, 0.2) is 0 Å². The van der Waals surface area contributed by atoms with E-state index < -0.39 is 67.9 Å². The Morgan fingerprint density at radius 3 is 0.500 bits per heavy atom. The Kier molecular flexibility index (Phi) is 58.1. The van der Waals surface area contributed by atoms with Crippen LogP contribution in [0, 0.1) is 81.7 Å². The van der Waals surface area contributed by atoms with E-state index in [4.69, 9.17) is 27.5 Å². The Bertz CT molecular complexity index is 116. The zero-order valence-corrected chi connectivity index (χ0v) is 20.0. The summed E-state index contributed by atoms with van der Waals surface area (Å²) in [6.45, 7) is 0. The first kappa shape index (κ1) is 31.1. The molecule has 0 aliphatic carbocycles. The van der Waals surface area contributed by atoms with E-state index in [1.807, 2.05) is 0 Å². The normalized spacial score (nSPS) is 5.57. The molecule has 0 atom stereocenters. The molecule has 0 amide bonds. The van der Waals surface area contributed by atoms with E-state index in [2.05, 4.69) is 0 Å². The quantitative estimate of drug-likeness (QED) is 0.236. The molecule has 0 fully saturated rings. The second-order valence-corrected chi connectivity index (χ2v) is 4.44. The second kappa shape index (κ2) is 26.2. The average molecular weight is 706 g/mol. The van der Waals surface area contributed by atoms with Gasteiger partial charge < -0.3 is 0 Å². The third kappa shape index (κ3) is 195. The number of rotatable bonds is 0. The molecule has 14 heavy (non-hydrogen) atoms. The van der Waals surface area contributed by atoms with E-state index in [-0.39, 0.29) is 81.7 Å². The third-order valence-corrected chi connectivity index (χ3v) is 0. The van der Waals surface area contributed by atoms with E-state index in [9.17, 15) is 0 Å².